The minimum atomic E-state index is -0.766. The maximum absolute atomic E-state index is 13.4. The number of carbonyl (C=O) groups is 1. The number of piperazine rings is 1. The molecule has 0 aromatic heterocycles. The molecule has 0 spiro atoms. The minimum Gasteiger partial charge on any atom is -0.322 e. The number of nitrogens with zero attached hydrogens (tertiary/aromatic N) is 2. The highest BCUT2D eigenvalue weighted by atomic mass is 19.1. The van der Waals surface area contributed by atoms with E-state index in [2.05, 4.69) is 10.2 Å². The molecule has 6 heteroatoms. The number of likely N-dealkylation sites (N-methyl/N-ethyl adjacent to an activating group) is 1. The molecule has 1 fully saturated rings. The summed E-state index contributed by atoms with van der Waals surface area (Å²) >= 11 is 0. The number of hydrogen-bond acceptors (Lipinski definition) is 2. The van der Waals surface area contributed by atoms with Gasteiger partial charge >= 0.3 is 6.03 Å². The molecule has 0 atom stereocenters. The number of amides is 2. The second-order valence-corrected chi connectivity index (χ2v) is 4.34. The Hall–Kier alpha value is -1.69. The van der Waals surface area contributed by atoms with Gasteiger partial charge in [0.1, 0.15) is 11.6 Å². The first-order chi connectivity index (χ1) is 8.56. The lowest BCUT2D eigenvalue weighted by Gasteiger charge is -2.32. The van der Waals surface area contributed by atoms with Crippen LogP contribution in [0.4, 0.5) is 19.3 Å². The fourth-order valence-electron chi connectivity index (χ4n) is 1.79. The van der Waals surface area contributed by atoms with Crippen LogP contribution >= 0.6 is 0 Å². The van der Waals surface area contributed by atoms with Gasteiger partial charge in [0.05, 0.1) is 5.69 Å². The van der Waals surface area contributed by atoms with Crippen LogP contribution in [0.1, 0.15) is 0 Å². The summed E-state index contributed by atoms with van der Waals surface area (Å²) in [5, 5.41) is 2.45. The average molecular weight is 255 g/mol. The second kappa shape index (κ2) is 5.30. The van der Waals surface area contributed by atoms with E-state index in [1.165, 1.54) is 6.07 Å². The van der Waals surface area contributed by atoms with Crippen molar-refractivity contribution < 1.29 is 13.6 Å². The third-order valence-corrected chi connectivity index (χ3v) is 2.96. The van der Waals surface area contributed by atoms with Gasteiger partial charge in [-0.3, -0.25) is 0 Å². The fourth-order valence-corrected chi connectivity index (χ4v) is 1.79. The predicted octanol–water partition coefficient (Wildman–Crippen LogP) is 1.74. The van der Waals surface area contributed by atoms with Gasteiger partial charge in [0.2, 0.25) is 0 Å². The molecule has 0 aliphatic carbocycles. The van der Waals surface area contributed by atoms with Crippen molar-refractivity contribution >= 4 is 11.7 Å². The first kappa shape index (κ1) is 12.8. The number of anilines is 1. The summed E-state index contributed by atoms with van der Waals surface area (Å²) in [6, 6.07) is 2.73. The largest absolute Gasteiger partial charge is 0.322 e. The molecule has 2 rings (SSSR count). The summed E-state index contributed by atoms with van der Waals surface area (Å²) in [6.07, 6.45) is 0. The zero-order chi connectivity index (χ0) is 13.1. The molecule has 0 saturated carbocycles. The molecular formula is C12H15F2N3O. The lowest BCUT2D eigenvalue weighted by molar-refractivity contribution is 0.164. The standard InChI is InChI=1S/C12H15F2N3O/c1-16-4-6-17(7-5-16)12(18)15-11-3-2-9(13)8-10(11)14/h2-3,8H,4-7H2,1H3,(H,15,18). The van der Waals surface area contributed by atoms with E-state index in [9.17, 15) is 13.6 Å². The highest BCUT2D eigenvalue weighted by molar-refractivity contribution is 5.89. The van der Waals surface area contributed by atoms with Crippen molar-refractivity contribution in [3.63, 3.8) is 0 Å². The molecule has 1 N–H and O–H groups in total. The van der Waals surface area contributed by atoms with Crippen LogP contribution in [0, 0.1) is 11.6 Å². The van der Waals surface area contributed by atoms with Gasteiger partial charge in [-0.1, -0.05) is 0 Å². The van der Waals surface area contributed by atoms with E-state index in [0.29, 0.717) is 13.1 Å². The van der Waals surface area contributed by atoms with Crippen LogP contribution < -0.4 is 5.32 Å². The second-order valence-electron chi connectivity index (χ2n) is 4.34. The van der Waals surface area contributed by atoms with Crippen molar-refractivity contribution in [3.8, 4) is 0 Å². The number of nitrogens with one attached hydrogen (secondary N) is 1. The molecule has 1 heterocycles. The topological polar surface area (TPSA) is 35.6 Å². The third kappa shape index (κ3) is 2.95. The summed E-state index contributed by atoms with van der Waals surface area (Å²) in [5.74, 6) is -1.43. The van der Waals surface area contributed by atoms with Crippen LogP contribution in [0.5, 0.6) is 0 Å². The van der Waals surface area contributed by atoms with Crippen LogP contribution in [0.25, 0.3) is 0 Å². The summed E-state index contributed by atoms with van der Waals surface area (Å²) in [4.78, 5) is 15.6. The fraction of sp³-hybridized carbons (Fsp3) is 0.417. The van der Waals surface area contributed by atoms with Crippen molar-refractivity contribution in [1.29, 1.82) is 0 Å². The molecule has 0 bridgehead atoms. The SMILES string of the molecule is CN1CCN(C(=O)Nc2ccc(F)cc2F)CC1. The highest BCUT2D eigenvalue weighted by Crippen LogP contribution is 2.15. The number of benzene rings is 1. The number of carbonyl (C=O) groups excluding carboxylic acids is 1. The lowest BCUT2D eigenvalue weighted by Crippen LogP contribution is -2.48. The van der Waals surface area contributed by atoms with E-state index in [4.69, 9.17) is 0 Å². The summed E-state index contributed by atoms with van der Waals surface area (Å²) < 4.78 is 26.1. The molecule has 18 heavy (non-hydrogen) atoms. The van der Waals surface area contributed by atoms with Crippen molar-refractivity contribution in [1.82, 2.24) is 9.80 Å². The first-order valence-corrected chi connectivity index (χ1v) is 5.76. The Morgan fingerprint density at radius 1 is 1.22 bits per heavy atom. The van der Waals surface area contributed by atoms with Gasteiger partial charge in [-0.25, -0.2) is 13.6 Å². The van der Waals surface area contributed by atoms with Crippen molar-refractivity contribution in [3.05, 3.63) is 29.8 Å². The average Bonchev–Trinajstić information content (AvgIpc) is 2.33. The summed E-state index contributed by atoms with van der Waals surface area (Å²) in [5.41, 5.74) is 0.000304. The lowest BCUT2D eigenvalue weighted by atomic mass is 10.3. The van der Waals surface area contributed by atoms with E-state index < -0.39 is 11.6 Å². The van der Waals surface area contributed by atoms with Crippen LogP contribution in [0.3, 0.4) is 0 Å². The Morgan fingerprint density at radius 2 is 1.89 bits per heavy atom. The van der Waals surface area contributed by atoms with Gasteiger partial charge in [-0.2, -0.15) is 0 Å². The third-order valence-electron chi connectivity index (χ3n) is 2.96. The summed E-state index contributed by atoms with van der Waals surface area (Å²) in [6.45, 7) is 2.79. The first-order valence-electron chi connectivity index (χ1n) is 5.76. The molecule has 0 radical (unpaired) electrons. The molecule has 1 aromatic rings. The molecule has 1 saturated heterocycles. The van der Waals surface area contributed by atoms with Crippen LogP contribution in [0.15, 0.2) is 18.2 Å². The molecule has 98 valence electrons. The van der Waals surface area contributed by atoms with Crippen molar-refractivity contribution in [2.45, 2.75) is 0 Å². The van der Waals surface area contributed by atoms with Crippen LogP contribution in [0.2, 0.25) is 0 Å². The molecule has 2 amide bonds. The zero-order valence-corrected chi connectivity index (χ0v) is 10.1. The van der Waals surface area contributed by atoms with E-state index in [1.807, 2.05) is 7.05 Å². The van der Waals surface area contributed by atoms with Gasteiger partial charge in [-0.15, -0.1) is 0 Å². The smallest absolute Gasteiger partial charge is 0.322 e. The number of halogens is 2. The molecule has 1 aliphatic rings. The Kier molecular flexibility index (Phi) is 3.76. The van der Waals surface area contributed by atoms with E-state index in [0.717, 1.165) is 25.2 Å². The maximum Gasteiger partial charge on any atom is 0.322 e. The van der Waals surface area contributed by atoms with Gasteiger partial charge in [0, 0.05) is 32.2 Å². The molecule has 1 aliphatic heterocycles. The van der Waals surface area contributed by atoms with Crippen LogP contribution in [-0.2, 0) is 0 Å². The van der Waals surface area contributed by atoms with Gasteiger partial charge in [0.15, 0.2) is 0 Å². The maximum atomic E-state index is 13.4. The predicted molar refractivity (Wildman–Crippen MR) is 64.4 cm³/mol. The molecule has 4 nitrogen and oxygen atoms in total. The molecule has 0 unspecified atom stereocenters. The summed E-state index contributed by atoms with van der Waals surface area (Å²) in [7, 11) is 1.98. The number of hydrogen-bond donors (Lipinski definition) is 1. The van der Waals surface area contributed by atoms with Gasteiger partial charge in [-0.05, 0) is 19.2 Å². The Balaban J connectivity index is 1.98. The minimum absolute atomic E-state index is 0.000304. The number of urea groups is 1. The Labute approximate surface area is 104 Å². The van der Waals surface area contributed by atoms with Gasteiger partial charge in [0.25, 0.3) is 0 Å². The number of rotatable bonds is 1. The van der Waals surface area contributed by atoms with E-state index >= 15 is 0 Å². The van der Waals surface area contributed by atoms with Crippen molar-refractivity contribution in [2.24, 2.45) is 0 Å². The molecular weight excluding hydrogens is 240 g/mol. The van der Waals surface area contributed by atoms with Crippen LogP contribution in [-0.4, -0.2) is 49.1 Å². The quantitative estimate of drug-likeness (QED) is 0.829. The van der Waals surface area contributed by atoms with E-state index in [1.54, 1.807) is 4.90 Å². The highest BCUT2D eigenvalue weighted by Gasteiger charge is 2.19. The van der Waals surface area contributed by atoms with Gasteiger partial charge < -0.3 is 15.1 Å². The van der Waals surface area contributed by atoms with Crippen molar-refractivity contribution in [2.75, 3.05) is 38.5 Å². The normalized spacial score (nSPS) is 16.7. The molecule has 1 aromatic carbocycles. The zero-order valence-electron chi connectivity index (χ0n) is 10.1. The Bertz CT molecular complexity index is 445. The monoisotopic (exact) mass is 255 g/mol. The van der Waals surface area contributed by atoms with E-state index in [-0.39, 0.29) is 11.7 Å². The Morgan fingerprint density at radius 3 is 2.50 bits per heavy atom.